The van der Waals surface area contributed by atoms with Crippen LogP contribution >= 0.6 is 0 Å². The summed E-state index contributed by atoms with van der Waals surface area (Å²) in [5.41, 5.74) is 1.33. The van der Waals surface area contributed by atoms with E-state index in [1.165, 1.54) is 25.3 Å². The van der Waals surface area contributed by atoms with Gasteiger partial charge in [0.15, 0.2) is 9.84 Å². The minimum absolute atomic E-state index is 0.00765. The first-order chi connectivity index (χ1) is 11.8. The second-order valence-electron chi connectivity index (χ2n) is 5.66. The number of ether oxygens (including phenoxy) is 1. The van der Waals surface area contributed by atoms with Gasteiger partial charge in [-0.15, -0.1) is 0 Å². The summed E-state index contributed by atoms with van der Waals surface area (Å²) in [7, 11) is -2.11. The number of phenols is 1. The van der Waals surface area contributed by atoms with Gasteiger partial charge in [0.2, 0.25) is 0 Å². The standard InChI is InChI=1S/C18H21NO5S/c1-24-16-10-7-14(12-17(16)25(2,22)23)18(21)19-11-3-4-13-5-8-15(20)9-6-13/h5-10,12,20H,3-4,11H2,1-2H3,(H,19,21). The molecular formula is C18H21NO5S. The van der Waals surface area contributed by atoms with Gasteiger partial charge in [0.25, 0.3) is 5.91 Å². The largest absolute Gasteiger partial charge is 0.508 e. The van der Waals surface area contributed by atoms with E-state index >= 15 is 0 Å². The van der Waals surface area contributed by atoms with E-state index in [1.807, 2.05) is 12.1 Å². The molecule has 0 spiro atoms. The zero-order chi connectivity index (χ0) is 18.4. The van der Waals surface area contributed by atoms with E-state index in [1.54, 1.807) is 12.1 Å². The minimum atomic E-state index is -3.49. The molecule has 0 saturated carbocycles. The average molecular weight is 363 g/mol. The molecule has 7 heteroatoms. The zero-order valence-corrected chi connectivity index (χ0v) is 15.0. The SMILES string of the molecule is COc1ccc(C(=O)NCCCc2ccc(O)cc2)cc1S(C)(=O)=O. The Hall–Kier alpha value is -2.54. The van der Waals surface area contributed by atoms with Crippen molar-refractivity contribution in [1.82, 2.24) is 5.32 Å². The van der Waals surface area contributed by atoms with E-state index in [0.717, 1.165) is 24.7 Å². The number of aryl methyl sites for hydroxylation is 1. The first kappa shape index (κ1) is 18.8. The third kappa shape index (κ3) is 5.22. The fourth-order valence-corrected chi connectivity index (χ4v) is 3.22. The Labute approximate surface area is 147 Å². The maximum absolute atomic E-state index is 12.2. The number of carbonyl (C=O) groups is 1. The van der Waals surface area contributed by atoms with Gasteiger partial charge in [-0.25, -0.2) is 8.42 Å². The van der Waals surface area contributed by atoms with Gasteiger partial charge in [-0.2, -0.15) is 0 Å². The van der Waals surface area contributed by atoms with Crippen molar-refractivity contribution in [2.75, 3.05) is 19.9 Å². The Balaban J connectivity index is 1.95. The van der Waals surface area contributed by atoms with Crippen LogP contribution in [0, 0.1) is 0 Å². The van der Waals surface area contributed by atoms with E-state index in [4.69, 9.17) is 4.74 Å². The summed E-state index contributed by atoms with van der Waals surface area (Å²) in [5.74, 6) is 0.0999. The molecular weight excluding hydrogens is 342 g/mol. The summed E-state index contributed by atoms with van der Waals surface area (Å²) >= 11 is 0. The number of amides is 1. The summed E-state index contributed by atoms with van der Waals surface area (Å²) in [4.78, 5) is 12.2. The number of aromatic hydroxyl groups is 1. The molecule has 0 atom stereocenters. The molecule has 2 aromatic carbocycles. The molecule has 0 unspecified atom stereocenters. The molecule has 0 aliphatic rings. The molecule has 2 aromatic rings. The van der Waals surface area contributed by atoms with Crippen LogP contribution in [0.3, 0.4) is 0 Å². The Morgan fingerprint density at radius 1 is 1.16 bits per heavy atom. The predicted octanol–water partition coefficient (Wildman–Crippen LogP) is 2.17. The summed E-state index contributed by atoms with van der Waals surface area (Å²) in [6.45, 7) is 0.458. The van der Waals surface area contributed by atoms with Gasteiger partial charge in [0.1, 0.15) is 16.4 Å². The van der Waals surface area contributed by atoms with Crippen LogP contribution in [0.15, 0.2) is 47.4 Å². The zero-order valence-electron chi connectivity index (χ0n) is 14.2. The minimum Gasteiger partial charge on any atom is -0.508 e. The third-order valence-electron chi connectivity index (χ3n) is 3.69. The van der Waals surface area contributed by atoms with Crippen molar-refractivity contribution >= 4 is 15.7 Å². The van der Waals surface area contributed by atoms with Crippen molar-refractivity contribution in [3.8, 4) is 11.5 Å². The molecule has 2 rings (SSSR count). The van der Waals surface area contributed by atoms with Crippen molar-refractivity contribution in [3.63, 3.8) is 0 Å². The van der Waals surface area contributed by atoms with Gasteiger partial charge in [-0.05, 0) is 48.7 Å². The number of benzene rings is 2. The highest BCUT2D eigenvalue weighted by molar-refractivity contribution is 7.90. The molecule has 0 radical (unpaired) electrons. The fourth-order valence-electron chi connectivity index (χ4n) is 2.37. The Morgan fingerprint density at radius 3 is 2.44 bits per heavy atom. The maximum Gasteiger partial charge on any atom is 0.251 e. The van der Waals surface area contributed by atoms with Crippen molar-refractivity contribution in [3.05, 3.63) is 53.6 Å². The Kier molecular flexibility index (Phi) is 6.03. The van der Waals surface area contributed by atoms with E-state index in [-0.39, 0.29) is 27.9 Å². The normalized spacial score (nSPS) is 11.1. The molecule has 6 nitrogen and oxygen atoms in total. The summed E-state index contributed by atoms with van der Waals surface area (Å²) in [6.07, 6.45) is 2.56. The van der Waals surface area contributed by atoms with Crippen LogP contribution in [0.1, 0.15) is 22.3 Å². The molecule has 0 aliphatic heterocycles. The second-order valence-corrected chi connectivity index (χ2v) is 7.65. The van der Waals surface area contributed by atoms with Gasteiger partial charge >= 0.3 is 0 Å². The highest BCUT2D eigenvalue weighted by Gasteiger charge is 2.17. The van der Waals surface area contributed by atoms with Crippen LogP contribution in [0.2, 0.25) is 0 Å². The van der Waals surface area contributed by atoms with Crippen LogP contribution in [0.5, 0.6) is 11.5 Å². The smallest absolute Gasteiger partial charge is 0.251 e. The van der Waals surface area contributed by atoms with Crippen LogP contribution in [0.4, 0.5) is 0 Å². The van der Waals surface area contributed by atoms with Crippen LogP contribution in [-0.2, 0) is 16.3 Å². The lowest BCUT2D eigenvalue weighted by atomic mass is 10.1. The topological polar surface area (TPSA) is 92.7 Å². The third-order valence-corrected chi connectivity index (χ3v) is 4.81. The van der Waals surface area contributed by atoms with Crippen molar-refractivity contribution in [2.45, 2.75) is 17.7 Å². The summed E-state index contributed by atoms with van der Waals surface area (Å²) in [5, 5.41) is 12.0. The quantitative estimate of drug-likeness (QED) is 0.736. The van der Waals surface area contributed by atoms with E-state index in [2.05, 4.69) is 5.32 Å². The van der Waals surface area contributed by atoms with E-state index in [0.29, 0.717) is 6.54 Å². The molecule has 0 saturated heterocycles. The van der Waals surface area contributed by atoms with Crippen molar-refractivity contribution in [2.24, 2.45) is 0 Å². The van der Waals surface area contributed by atoms with E-state index in [9.17, 15) is 18.3 Å². The van der Waals surface area contributed by atoms with Gasteiger partial charge < -0.3 is 15.2 Å². The number of phenolic OH excluding ortho intramolecular Hbond substituents is 1. The number of rotatable bonds is 7. The van der Waals surface area contributed by atoms with Gasteiger partial charge in [-0.1, -0.05) is 12.1 Å². The number of sulfone groups is 1. The summed E-state index contributed by atoms with van der Waals surface area (Å²) < 4.78 is 28.6. The van der Waals surface area contributed by atoms with Crippen LogP contribution in [0.25, 0.3) is 0 Å². The lowest BCUT2D eigenvalue weighted by Gasteiger charge is -2.10. The van der Waals surface area contributed by atoms with E-state index < -0.39 is 9.84 Å². The molecule has 25 heavy (non-hydrogen) atoms. The van der Waals surface area contributed by atoms with Gasteiger partial charge in [-0.3, -0.25) is 4.79 Å². The van der Waals surface area contributed by atoms with Crippen molar-refractivity contribution in [1.29, 1.82) is 0 Å². The fraction of sp³-hybridized carbons (Fsp3) is 0.278. The molecule has 0 heterocycles. The molecule has 134 valence electrons. The maximum atomic E-state index is 12.2. The number of hydrogen-bond acceptors (Lipinski definition) is 5. The Bertz CT molecular complexity index is 844. The number of methoxy groups -OCH3 is 1. The first-order valence-electron chi connectivity index (χ1n) is 7.75. The molecule has 2 N–H and O–H groups in total. The lowest BCUT2D eigenvalue weighted by molar-refractivity contribution is 0.0953. The highest BCUT2D eigenvalue weighted by Crippen LogP contribution is 2.24. The highest BCUT2D eigenvalue weighted by atomic mass is 32.2. The molecule has 1 amide bonds. The van der Waals surface area contributed by atoms with Gasteiger partial charge in [0.05, 0.1) is 7.11 Å². The molecule has 0 bridgehead atoms. The second kappa shape index (κ2) is 8.02. The average Bonchev–Trinajstić information content (AvgIpc) is 2.58. The lowest BCUT2D eigenvalue weighted by Crippen LogP contribution is -2.25. The number of hydrogen-bond donors (Lipinski definition) is 2. The van der Waals surface area contributed by atoms with Crippen LogP contribution < -0.4 is 10.1 Å². The molecule has 0 aromatic heterocycles. The molecule has 0 fully saturated rings. The molecule has 0 aliphatic carbocycles. The summed E-state index contributed by atoms with van der Waals surface area (Å²) in [6, 6.07) is 11.2. The predicted molar refractivity (Wildman–Crippen MR) is 94.9 cm³/mol. The van der Waals surface area contributed by atoms with Crippen LogP contribution in [-0.4, -0.2) is 39.3 Å². The van der Waals surface area contributed by atoms with Crippen molar-refractivity contribution < 1.29 is 23.1 Å². The van der Waals surface area contributed by atoms with Gasteiger partial charge in [0, 0.05) is 18.4 Å². The first-order valence-corrected chi connectivity index (χ1v) is 9.64. The number of nitrogens with one attached hydrogen (secondary N) is 1. The number of carbonyl (C=O) groups excluding carboxylic acids is 1. The monoisotopic (exact) mass is 363 g/mol. The Morgan fingerprint density at radius 2 is 1.84 bits per heavy atom.